The van der Waals surface area contributed by atoms with E-state index in [2.05, 4.69) is 4.98 Å². The van der Waals surface area contributed by atoms with Gasteiger partial charge in [0.1, 0.15) is 5.82 Å². The summed E-state index contributed by atoms with van der Waals surface area (Å²) in [6.45, 7) is 1.61. The van der Waals surface area contributed by atoms with Crippen molar-refractivity contribution in [2.75, 3.05) is 13.1 Å². The van der Waals surface area contributed by atoms with Crippen molar-refractivity contribution in [1.29, 1.82) is 0 Å². The minimum absolute atomic E-state index is 0.195. The van der Waals surface area contributed by atoms with Crippen LogP contribution in [0.5, 0.6) is 0 Å². The van der Waals surface area contributed by atoms with Gasteiger partial charge in [-0.1, -0.05) is 12.1 Å². The van der Waals surface area contributed by atoms with Crippen LogP contribution in [0.4, 0.5) is 4.39 Å². The molecule has 1 aromatic heterocycles. The summed E-state index contributed by atoms with van der Waals surface area (Å²) >= 11 is 0. The number of aromatic nitrogens is 2. The van der Waals surface area contributed by atoms with E-state index in [9.17, 15) is 9.18 Å². The molecular weight excluding hydrogens is 305 g/mol. The molecule has 4 nitrogen and oxygen atoms in total. The Morgan fingerprint density at radius 3 is 2.75 bits per heavy atom. The van der Waals surface area contributed by atoms with Gasteiger partial charge in [0.25, 0.3) is 0 Å². The van der Waals surface area contributed by atoms with Gasteiger partial charge in [-0.2, -0.15) is 0 Å². The maximum atomic E-state index is 13.1. The Morgan fingerprint density at radius 2 is 2.04 bits per heavy atom. The molecule has 1 aliphatic heterocycles. The van der Waals surface area contributed by atoms with E-state index in [1.54, 1.807) is 6.33 Å². The fourth-order valence-electron chi connectivity index (χ4n) is 3.43. The highest BCUT2D eigenvalue weighted by Gasteiger charge is 2.21. The summed E-state index contributed by atoms with van der Waals surface area (Å²) in [6, 6.07) is 6.80. The van der Waals surface area contributed by atoms with Gasteiger partial charge < -0.3 is 9.47 Å². The maximum absolute atomic E-state index is 13.1. The van der Waals surface area contributed by atoms with Crippen LogP contribution in [0.3, 0.4) is 0 Å². The fourth-order valence-corrected chi connectivity index (χ4v) is 3.43. The van der Waals surface area contributed by atoms with Crippen molar-refractivity contribution < 1.29 is 9.18 Å². The normalized spacial score (nSPS) is 18.4. The number of hydrogen-bond donors (Lipinski definition) is 0. The highest BCUT2D eigenvalue weighted by atomic mass is 19.1. The highest BCUT2D eigenvalue weighted by molar-refractivity contribution is 5.76. The van der Waals surface area contributed by atoms with Gasteiger partial charge in [-0.15, -0.1) is 0 Å². The SMILES string of the molecule is Cn1cncc1CCC(=O)N1CCC[C@H](c2ccc(F)cc2)CC1. The Morgan fingerprint density at radius 1 is 1.25 bits per heavy atom. The first-order valence-corrected chi connectivity index (χ1v) is 8.62. The van der Waals surface area contributed by atoms with Crippen molar-refractivity contribution in [3.05, 3.63) is 53.9 Å². The predicted molar refractivity (Wildman–Crippen MR) is 91.1 cm³/mol. The summed E-state index contributed by atoms with van der Waals surface area (Å²) < 4.78 is 15.0. The number of aryl methyl sites for hydroxylation is 2. The molecule has 3 rings (SSSR count). The van der Waals surface area contributed by atoms with Gasteiger partial charge in [0.15, 0.2) is 0 Å². The smallest absolute Gasteiger partial charge is 0.222 e. The number of amides is 1. The number of nitrogens with zero attached hydrogens (tertiary/aromatic N) is 3. The van der Waals surface area contributed by atoms with Gasteiger partial charge in [0, 0.05) is 38.4 Å². The monoisotopic (exact) mass is 329 g/mol. The van der Waals surface area contributed by atoms with Crippen molar-refractivity contribution >= 4 is 5.91 Å². The number of rotatable bonds is 4. The molecular formula is C19H24FN3O. The molecule has 0 spiro atoms. The molecule has 0 saturated carbocycles. The Balaban J connectivity index is 1.54. The average Bonchev–Trinajstić information content (AvgIpc) is 2.84. The molecule has 0 N–H and O–H groups in total. The number of imidazole rings is 1. The number of carbonyl (C=O) groups is 1. The van der Waals surface area contributed by atoms with Crippen LogP contribution < -0.4 is 0 Å². The summed E-state index contributed by atoms with van der Waals surface area (Å²) in [5.41, 5.74) is 2.27. The van der Waals surface area contributed by atoms with Crippen molar-refractivity contribution in [3.8, 4) is 0 Å². The van der Waals surface area contributed by atoms with Gasteiger partial charge >= 0.3 is 0 Å². The molecule has 5 heteroatoms. The van der Waals surface area contributed by atoms with E-state index in [4.69, 9.17) is 0 Å². The van der Waals surface area contributed by atoms with Crippen LogP contribution in [-0.4, -0.2) is 33.4 Å². The van der Waals surface area contributed by atoms with Crippen LogP contribution in [0.2, 0.25) is 0 Å². The van der Waals surface area contributed by atoms with Crippen LogP contribution in [0.15, 0.2) is 36.8 Å². The molecule has 24 heavy (non-hydrogen) atoms. The molecule has 128 valence electrons. The van der Waals surface area contributed by atoms with E-state index in [1.165, 1.54) is 17.7 Å². The molecule has 0 bridgehead atoms. The molecule has 2 aromatic rings. The van der Waals surface area contributed by atoms with Gasteiger partial charge in [0.2, 0.25) is 5.91 Å². The summed E-state index contributed by atoms with van der Waals surface area (Å²) in [5.74, 6) is 0.441. The minimum atomic E-state index is -0.195. The maximum Gasteiger partial charge on any atom is 0.222 e. The second kappa shape index (κ2) is 7.60. The largest absolute Gasteiger partial charge is 0.343 e. The first-order chi connectivity index (χ1) is 11.6. The van der Waals surface area contributed by atoms with Crippen molar-refractivity contribution in [1.82, 2.24) is 14.5 Å². The van der Waals surface area contributed by atoms with Gasteiger partial charge in [-0.25, -0.2) is 9.37 Å². The lowest BCUT2D eigenvalue weighted by Crippen LogP contribution is -2.32. The predicted octanol–water partition coefficient (Wildman–Crippen LogP) is 3.29. The number of likely N-dealkylation sites (tertiary alicyclic amines) is 1. The minimum Gasteiger partial charge on any atom is -0.343 e. The quantitative estimate of drug-likeness (QED) is 0.863. The number of carbonyl (C=O) groups excluding carboxylic acids is 1. The Hall–Kier alpha value is -2.17. The number of hydrogen-bond acceptors (Lipinski definition) is 2. The van der Waals surface area contributed by atoms with Crippen LogP contribution in [0.25, 0.3) is 0 Å². The van der Waals surface area contributed by atoms with Gasteiger partial charge in [-0.3, -0.25) is 4.79 Å². The molecule has 1 amide bonds. The molecule has 0 aliphatic carbocycles. The molecule has 2 heterocycles. The van der Waals surface area contributed by atoms with Crippen molar-refractivity contribution in [2.45, 2.75) is 38.0 Å². The lowest BCUT2D eigenvalue weighted by molar-refractivity contribution is -0.131. The topological polar surface area (TPSA) is 38.1 Å². The zero-order valence-electron chi connectivity index (χ0n) is 14.1. The van der Waals surface area contributed by atoms with E-state index in [0.29, 0.717) is 12.3 Å². The molecule has 1 aliphatic rings. The summed E-state index contributed by atoms with van der Waals surface area (Å²) in [5, 5.41) is 0. The Kier molecular flexibility index (Phi) is 5.28. The zero-order chi connectivity index (χ0) is 16.9. The molecule has 0 unspecified atom stereocenters. The van der Waals surface area contributed by atoms with E-state index < -0.39 is 0 Å². The Labute approximate surface area is 142 Å². The molecule has 1 aromatic carbocycles. The molecule has 1 fully saturated rings. The highest BCUT2D eigenvalue weighted by Crippen LogP contribution is 2.28. The zero-order valence-corrected chi connectivity index (χ0v) is 14.1. The lowest BCUT2D eigenvalue weighted by atomic mass is 9.92. The van der Waals surface area contributed by atoms with E-state index >= 15 is 0 Å². The van der Waals surface area contributed by atoms with Gasteiger partial charge in [-0.05, 0) is 49.3 Å². The second-order valence-electron chi connectivity index (χ2n) is 6.56. The van der Waals surface area contributed by atoms with Crippen LogP contribution >= 0.6 is 0 Å². The molecule has 1 atom stereocenters. The third-order valence-electron chi connectivity index (χ3n) is 4.93. The summed E-state index contributed by atoms with van der Waals surface area (Å²) in [4.78, 5) is 18.6. The van der Waals surface area contributed by atoms with Gasteiger partial charge in [0.05, 0.1) is 6.33 Å². The van der Waals surface area contributed by atoms with Crippen LogP contribution in [0, 0.1) is 5.82 Å². The third-order valence-corrected chi connectivity index (χ3v) is 4.93. The fraction of sp³-hybridized carbons (Fsp3) is 0.474. The van der Waals surface area contributed by atoms with Crippen molar-refractivity contribution in [3.63, 3.8) is 0 Å². The van der Waals surface area contributed by atoms with E-state index in [-0.39, 0.29) is 11.7 Å². The van der Waals surface area contributed by atoms with E-state index in [0.717, 1.165) is 44.5 Å². The lowest BCUT2D eigenvalue weighted by Gasteiger charge is -2.21. The standard InChI is InChI=1S/C19H24FN3O/c1-22-14-21-13-18(22)8-9-19(24)23-11-2-3-15(10-12-23)16-4-6-17(20)7-5-16/h4-7,13-15H,2-3,8-12H2,1H3/t15-/m0/s1. The van der Waals surface area contributed by atoms with Crippen LogP contribution in [0.1, 0.15) is 42.9 Å². The van der Waals surface area contributed by atoms with Crippen LogP contribution in [-0.2, 0) is 18.3 Å². The summed E-state index contributed by atoms with van der Waals surface area (Å²) in [6.07, 6.45) is 7.84. The van der Waals surface area contributed by atoms with Crippen molar-refractivity contribution in [2.24, 2.45) is 7.05 Å². The number of benzene rings is 1. The molecule has 0 radical (unpaired) electrons. The summed E-state index contributed by atoms with van der Waals surface area (Å²) in [7, 11) is 1.95. The first-order valence-electron chi connectivity index (χ1n) is 8.62. The third kappa shape index (κ3) is 4.02. The number of halogens is 1. The second-order valence-corrected chi connectivity index (χ2v) is 6.56. The average molecular weight is 329 g/mol. The molecule has 1 saturated heterocycles. The van der Waals surface area contributed by atoms with E-state index in [1.807, 2.05) is 34.8 Å². The Bertz CT molecular complexity index is 680. The first kappa shape index (κ1) is 16.7.